The molecule has 20 heavy (non-hydrogen) atoms. The number of nitrogens with zero attached hydrogens (tertiary/aromatic N) is 1. The number of hydrogen-bond donors (Lipinski definition) is 2. The summed E-state index contributed by atoms with van der Waals surface area (Å²) in [6, 6.07) is 6.33. The van der Waals surface area contributed by atoms with E-state index in [1.807, 2.05) is 0 Å². The monoisotopic (exact) mass is 341 g/mol. The molecule has 6 nitrogen and oxygen atoms in total. The lowest BCUT2D eigenvalue weighted by Gasteiger charge is -2.07. The largest absolute Gasteiger partial charge is 0.336 e. The third kappa shape index (κ3) is 3.21. The summed E-state index contributed by atoms with van der Waals surface area (Å²) in [5, 5.41) is 2.44. The van der Waals surface area contributed by atoms with Crippen molar-refractivity contribution in [3.63, 3.8) is 0 Å². The fraction of sp³-hybridized carbons (Fsp3) is 0.0833. The van der Waals surface area contributed by atoms with Crippen molar-refractivity contribution in [2.45, 2.75) is 6.54 Å². The topological polar surface area (TPSA) is 84.0 Å². The van der Waals surface area contributed by atoms with Gasteiger partial charge in [-0.3, -0.25) is 9.78 Å². The number of halogens is 2. The van der Waals surface area contributed by atoms with E-state index in [-0.39, 0.29) is 6.54 Å². The molecule has 0 bridgehead atoms. The first-order chi connectivity index (χ1) is 9.47. The van der Waals surface area contributed by atoms with Crippen molar-refractivity contribution in [3.05, 3.63) is 67.2 Å². The molecular weight excluding hydrogens is 333 g/mol. The Morgan fingerprint density at radius 1 is 1.30 bits per heavy atom. The summed E-state index contributed by atoms with van der Waals surface area (Å²) in [6.45, 7) is 0.166. The molecule has 0 unspecified atom stereocenters. The first-order valence-corrected chi connectivity index (χ1v) is 6.31. The van der Waals surface area contributed by atoms with E-state index in [0.29, 0.717) is 10.8 Å². The first kappa shape index (κ1) is 14.2. The van der Waals surface area contributed by atoms with Crippen LogP contribution in [0.25, 0.3) is 0 Å². The summed E-state index contributed by atoms with van der Waals surface area (Å²) in [4.78, 5) is 35.6. The van der Waals surface area contributed by atoms with Crippen molar-refractivity contribution in [1.82, 2.24) is 14.9 Å². The standard InChI is InChI=1S/C12H9BrFN3O3/c13-8-3-1-7(2-4-8)5-15-11(19)17-6-9(14)10(18)16-12(17)20/h1-4,6H,5H2,(H,15,19)(H,16,18,20). The minimum absolute atomic E-state index is 0.166. The molecule has 1 heterocycles. The van der Waals surface area contributed by atoms with Gasteiger partial charge in [0.15, 0.2) is 0 Å². The minimum Gasteiger partial charge on any atom is -0.333 e. The zero-order valence-electron chi connectivity index (χ0n) is 10.0. The van der Waals surface area contributed by atoms with Gasteiger partial charge < -0.3 is 5.32 Å². The molecule has 0 saturated carbocycles. The van der Waals surface area contributed by atoms with E-state index in [1.165, 1.54) is 0 Å². The highest BCUT2D eigenvalue weighted by Gasteiger charge is 2.10. The van der Waals surface area contributed by atoms with E-state index in [0.717, 1.165) is 10.0 Å². The summed E-state index contributed by atoms with van der Waals surface area (Å²) in [7, 11) is 0. The summed E-state index contributed by atoms with van der Waals surface area (Å²) in [5.41, 5.74) is -1.35. The van der Waals surface area contributed by atoms with Gasteiger partial charge in [0.2, 0.25) is 5.82 Å². The Kier molecular flexibility index (Phi) is 4.14. The predicted octanol–water partition coefficient (Wildman–Crippen LogP) is 1.20. The van der Waals surface area contributed by atoms with Crippen molar-refractivity contribution in [1.29, 1.82) is 0 Å². The molecule has 0 aliphatic rings. The molecule has 2 N–H and O–H groups in total. The lowest BCUT2D eigenvalue weighted by molar-refractivity contribution is 0.240. The predicted molar refractivity (Wildman–Crippen MR) is 73.1 cm³/mol. The van der Waals surface area contributed by atoms with Crippen LogP contribution in [0.1, 0.15) is 5.56 Å². The van der Waals surface area contributed by atoms with Gasteiger partial charge in [-0.1, -0.05) is 28.1 Å². The zero-order valence-corrected chi connectivity index (χ0v) is 11.6. The number of carbonyl (C=O) groups excluding carboxylic acids is 1. The van der Waals surface area contributed by atoms with Gasteiger partial charge in [0.05, 0.1) is 6.20 Å². The van der Waals surface area contributed by atoms with Crippen LogP contribution in [0.15, 0.2) is 44.5 Å². The Morgan fingerprint density at radius 3 is 2.60 bits per heavy atom. The van der Waals surface area contributed by atoms with Gasteiger partial charge in [-0.05, 0) is 17.7 Å². The molecule has 2 aromatic rings. The number of amides is 1. The fourth-order valence-corrected chi connectivity index (χ4v) is 1.73. The molecule has 0 spiro atoms. The quantitative estimate of drug-likeness (QED) is 0.860. The van der Waals surface area contributed by atoms with Gasteiger partial charge in [0, 0.05) is 11.0 Å². The molecule has 2 rings (SSSR count). The normalized spacial score (nSPS) is 10.3. The molecule has 0 aliphatic heterocycles. The Hall–Kier alpha value is -2.22. The molecule has 0 saturated heterocycles. The van der Waals surface area contributed by atoms with E-state index in [4.69, 9.17) is 0 Å². The number of aromatic nitrogens is 2. The summed E-state index contributed by atoms with van der Waals surface area (Å²) in [6.07, 6.45) is 0.554. The van der Waals surface area contributed by atoms with Gasteiger partial charge in [0.25, 0.3) is 5.56 Å². The molecule has 1 aromatic carbocycles. The Labute approximate surface area is 120 Å². The van der Waals surface area contributed by atoms with Crippen molar-refractivity contribution in [2.24, 2.45) is 0 Å². The first-order valence-electron chi connectivity index (χ1n) is 5.51. The van der Waals surface area contributed by atoms with E-state index < -0.39 is 23.1 Å². The smallest absolute Gasteiger partial charge is 0.333 e. The maximum atomic E-state index is 13.0. The number of aromatic amines is 1. The van der Waals surface area contributed by atoms with E-state index in [9.17, 15) is 18.8 Å². The minimum atomic E-state index is -1.21. The van der Waals surface area contributed by atoms with E-state index >= 15 is 0 Å². The maximum Gasteiger partial charge on any atom is 0.336 e. The molecule has 0 aliphatic carbocycles. The average molecular weight is 342 g/mol. The van der Waals surface area contributed by atoms with Gasteiger partial charge >= 0.3 is 11.7 Å². The highest BCUT2D eigenvalue weighted by Crippen LogP contribution is 2.10. The number of nitrogens with one attached hydrogen (secondary N) is 2. The number of benzene rings is 1. The van der Waals surface area contributed by atoms with Gasteiger partial charge in [-0.2, -0.15) is 4.39 Å². The Balaban J connectivity index is 2.13. The van der Waals surface area contributed by atoms with Crippen molar-refractivity contribution in [2.75, 3.05) is 0 Å². The molecule has 104 valence electrons. The van der Waals surface area contributed by atoms with Crippen LogP contribution in [0.4, 0.5) is 9.18 Å². The van der Waals surface area contributed by atoms with Gasteiger partial charge in [0.1, 0.15) is 0 Å². The highest BCUT2D eigenvalue weighted by molar-refractivity contribution is 9.10. The van der Waals surface area contributed by atoms with Crippen LogP contribution in [0.2, 0.25) is 0 Å². The van der Waals surface area contributed by atoms with Crippen molar-refractivity contribution < 1.29 is 9.18 Å². The molecule has 1 aromatic heterocycles. The second kappa shape index (κ2) is 5.83. The summed E-state index contributed by atoms with van der Waals surface area (Å²) in [5.74, 6) is -1.21. The number of hydrogen-bond acceptors (Lipinski definition) is 3. The van der Waals surface area contributed by atoms with Crippen LogP contribution in [0, 0.1) is 5.82 Å². The Bertz CT molecular complexity index is 752. The van der Waals surface area contributed by atoms with Crippen LogP contribution >= 0.6 is 15.9 Å². The van der Waals surface area contributed by atoms with Gasteiger partial charge in [-0.15, -0.1) is 0 Å². The average Bonchev–Trinajstić information content (AvgIpc) is 2.42. The molecule has 0 radical (unpaired) electrons. The number of H-pyrrole nitrogens is 1. The summed E-state index contributed by atoms with van der Waals surface area (Å²) < 4.78 is 14.4. The maximum absolute atomic E-state index is 13.0. The summed E-state index contributed by atoms with van der Waals surface area (Å²) >= 11 is 3.28. The van der Waals surface area contributed by atoms with E-state index in [2.05, 4.69) is 21.2 Å². The number of carbonyl (C=O) groups is 1. The lowest BCUT2D eigenvalue weighted by atomic mass is 10.2. The fourth-order valence-electron chi connectivity index (χ4n) is 1.46. The second-order valence-corrected chi connectivity index (χ2v) is 4.81. The molecular formula is C12H9BrFN3O3. The molecule has 0 fully saturated rings. The van der Waals surface area contributed by atoms with Crippen LogP contribution in [-0.2, 0) is 6.54 Å². The highest BCUT2D eigenvalue weighted by atomic mass is 79.9. The lowest BCUT2D eigenvalue weighted by Crippen LogP contribution is -2.40. The third-order valence-electron chi connectivity index (χ3n) is 2.47. The van der Waals surface area contributed by atoms with Crippen LogP contribution in [0.3, 0.4) is 0 Å². The number of rotatable bonds is 2. The van der Waals surface area contributed by atoms with Crippen molar-refractivity contribution in [3.8, 4) is 0 Å². The second-order valence-electron chi connectivity index (χ2n) is 3.89. The molecule has 0 atom stereocenters. The van der Waals surface area contributed by atoms with Gasteiger partial charge in [-0.25, -0.2) is 14.2 Å². The van der Waals surface area contributed by atoms with Crippen LogP contribution in [0.5, 0.6) is 0 Å². The third-order valence-corrected chi connectivity index (χ3v) is 3.00. The zero-order chi connectivity index (χ0) is 14.7. The molecule has 8 heteroatoms. The molecule has 1 amide bonds. The van der Waals surface area contributed by atoms with Crippen LogP contribution < -0.4 is 16.6 Å². The van der Waals surface area contributed by atoms with Crippen molar-refractivity contribution >= 4 is 22.0 Å². The van der Waals surface area contributed by atoms with E-state index in [1.54, 1.807) is 29.2 Å². The SMILES string of the molecule is O=C(NCc1ccc(Br)cc1)n1cc(F)c(=O)[nH]c1=O. The Morgan fingerprint density at radius 2 is 1.95 bits per heavy atom. The van der Waals surface area contributed by atoms with Crippen LogP contribution in [-0.4, -0.2) is 15.6 Å².